The van der Waals surface area contributed by atoms with Gasteiger partial charge in [0.2, 0.25) is 0 Å². The first-order chi connectivity index (χ1) is 8.18. The Labute approximate surface area is 106 Å². The number of esters is 1. The van der Waals surface area contributed by atoms with E-state index >= 15 is 0 Å². The molecule has 0 aliphatic carbocycles. The van der Waals surface area contributed by atoms with Gasteiger partial charge < -0.3 is 4.74 Å². The zero-order valence-corrected chi connectivity index (χ0v) is 11.5. The second kappa shape index (κ2) is 11.7. The summed E-state index contributed by atoms with van der Waals surface area (Å²) in [6, 6.07) is 0. The van der Waals surface area contributed by atoms with Gasteiger partial charge in [-0.1, -0.05) is 52.0 Å². The second-order valence-corrected chi connectivity index (χ2v) is 4.87. The third-order valence-corrected chi connectivity index (χ3v) is 2.77. The van der Waals surface area contributed by atoms with E-state index in [9.17, 15) is 4.79 Å². The summed E-state index contributed by atoms with van der Waals surface area (Å²) in [7, 11) is 0. The summed E-state index contributed by atoms with van der Waals surface area (Å²) in [6.07, 6.45) is 11.8. The fourth-order valence-corrected chi connectivity index (χ4v) is 1.61. The van der Waals surface area contributed by atoms with E-state index in [0.717, 1.165) is 12.8 Å². The number of allylic oxidation sites excluding steroid dienone is 1. The lowest BCUT2D eigenvalue weighted by atomic mass is 10.1. The van der Waals surface area contributed by atoms with Crippen molar-refractivity contribution in [1.29, 1.82) is 0 Å². The van der Waals surface area contributed by atoms with E-state index in [2.05, 4.69) is 6.58 Å². The van der Waals surface area contributed by atoms with Crippen LogP contribution in [0.3, 0.4) is 0 Å². The highest BCUT2D eigenvalue weighted by atomic mass is 16.5. The molecular weight excluding hydrogens is 212 g/mol. The molecule has 0 aliphatic heterocycles. The first-order valence-electron chi connectivity index (χ1n) is 6.96. The molecule has 0 heterocycles. The van der Waals surface area contributed by atoms with Crippen LogP contribution in [0.25, 0.3) is 0 Å². The Balaban J connectivity index is 3.08. The van der Waals surface area contributed by atoms with Crippen LogP contribution < -0.4 is 0 Å². The Kier molecular flexibility index (Phi) is 11.1. The van der Waals surface area contributed by atoms with E-state index in [1.807, 2.05) is 19.9 Å². The van der Waals surface area contributed by atoms with Gasteiger partial charge in [0.1, 0.15) is 0 Å². The monoisotopic (exact) mass is 240 g/mol. The third-order valence-electron chi connectivity index (χ3n) is 2.77. The van der Waals surface area contributed by atoms with Crippen molar-refractivity contribution >= 4 is 5.97 Å². The number of hydrogen-bond acceptors (Lipinski definition) is 2. The quantitative estimate of drug-likeness (QED) is 0.302. The molecule has 17 heavy (non-hydrogen) atoms. The van der Waals surface area contributed by atoms with Crippen LogP contribution in [-0.4, -0.2) is 12.6 Å². The fourth-order valence-electron chi connectivity index (χ4n) is 1.61. The van der Waals surface area contributed by atoms with Crippen LogP contribution >= 0.6 is 0 Å². The van der Waals surface area contributed by atoms with E-state index < -0.39 is 0 Å². The molecular formula is C15H28O2. The van der Waals surface area contributed by atoms with Crippen molar-refractivity contribution in [3.8, 4) is 0 Å². The van der Waals surface area contributed by atoms with Gasteiger partial charge in [0.05, 0.1) is 12.5 Å². The van der Waals surface area contributed by atoms with Crippen LogP contribution in [0.1, 0.15) is 65.2 Å². The van der Waals surface area contributed by atoms with Gasteiger partial charge in [0, 0.05) is 0 Å². The Bertz CT molecular complexity index is 197. The van der Waals surface area contributed by atoms with Gasteiger partial charge in [0.25, 0.3) is 0 Å². The van der Waals surface area contributed by atoms with Crippen molar-refractivity contribution in [2.75, 3.05) is 6.61 Å². The first kappa shape index (κ1) is 16.2. The normalized spacial score (nSPS) is 10.5. The largest absolute Gasteiger partial charge is 0.465 e. The summed E-state index contributed by atoms with van der Waals surface area (Å²) in [5.41, 5.74) is 0. The summed E-state index contributed by atoms with van der Waals surface area (Å²) >= 11 is 0. The molecule has 0 radical (unpaired) electrons. The van der Waals surface area contributed by atoms with Gasteiger partial charge in [0.15, 0.2) is 0 Å². The lowest BCUT2D eigenvalue weighted by Crippen LogP contribution is -2.12. The minimum Gasteiger partial charge on any atom is -0.465 e. The average molecular weight is 240 g/mol. The summed E-state index contributed by atoms with van der Waals surface area (Å²) in [5, 5.41) is 0. The van der Waals surface area contributed by atoms with Crippen molar-refractivity contribution in [2.45, 2.75) is 65.2 Å². The smallest absolute Gasteiger partial charge is 0.308 e. The van der Waals surface area contributed by atoms with Gasteiger partial charge in [-0.05, 0) is 19.3 Å². The summed E-state index contributed by atoms with van der Waals surface area (Å²) < 4.78 is 5.11. The molecule has 0 aromatic heterocycles. The van der Waals surface area contributed by atoms with Crippen LogP contribution in [-0.2, 0) is 9.53 Å². The minimum atomic E-state index is -0.0746. The molecule has 2 nitrogen and oxygen atoms in total. The van der Waals surface area contributed by atoms with Gasteiger partial charge in [-0.3, -0.25) is 4.79 Å². The van der Waals surface area contributed by atoms with Crippen molar-refractivity contribution in [3.05, 3.63) is 12.7 Å². The highest BCUT2D eigenvalue weighted by Crippen LogP contribution is 2.09. The number of unbranched alkanes of at least 4 members (excludes halogenated alkanes) is 7. The predicted octanol–water partition coefficient (Wildman–Crippen LogP) is 4.49. The second-order valence-electron chi connectivity index (χ2n) is 4.87. The first-order valence-corrected chi connectivity index (χ1v) is 6.96. The van der Waals surface area contributed by atoms with E-state index in [1.54, 1.807) is 0 Å². The van der Waals surface area contributed by atoms with Crippen LogP contribution in [0.4, 0.5) is 0 Å². The number of carbonyl (C=O) groups is 1. The SMILES string of the molecule is C=CCCCCCCCCCOC(=O)C(C)C. The zero-order chi connectivity index (χ0) is 12.9. The van der Waals surface area contributed by atoms with E-state index in [4.69, 9.17) is 4.74 Å². The summed E-state index contributed by atoms with van der Waals surface area (Å²) in [6.45, 7) is 8.04. The van der Waals surface area contributed by atoms with Crippen LogP contribution in [0.5, 0.6) is 0 Å². The van der Waals surface area contributed by atoms with Gasteiger partial charge in [-0.25, -0.2) is 0 Å². The topological polar surface area (TPSA) is 26.3 Å². The fraction of sp³-hybridized carbons (Fsp3) is 0.800. The van der Waals surface area contributed by atoms with E-state index in [1.165, 1.54) is 38.5 Å². The Hall–Kier alpha value is -0.790. The number of rotatable bonds is 11. The Morgan fingerprint density at radius 3 is 2.12 bits per heavy atom. The number of hydrogen-bond donors (Lipinski definition) is 0. The number of carbonyl (C=O) groups excluding carboxylic acids is 1. The lowest BCUT2D eigenvalue weighted by Gasteiger charge is -2.06. The van der Waals surface area contributed by atoms with Crippen molar-refractivity contribution in [3.63, 3.8) is 0 Å². The van der Waals surface area contributed by atoms with Crippen molar-refractivity contribution in [2.24, 2.45) is 5.92 Å². The molecule has 100 valence electrons. The van der Waals surface area contributed by atoms with E-state index in [0.29, 0.717) is 6.61 Å². The molecule has 0 bridgehead atoms. The molecule has 0 amide bonds. The highest BCUT2D eigenvalue weighted by molar-refractivity contribution is 5.71. The molecule has 0 aromatic carbocycles. The van der Waals surface area contributed by atoms with Gasteiger partial charge in [-0.15, -0.1) is 6.58 Å². The molecule has 2 heteroatoms. The molecule has 0 rings (SSSR count). The zero-order valence-electron chi connectivity index (χ0n) is 11.5. The average Bonchev–Trinajstić information content (AvgIpc) is 2.31. The molecule has 0 saturated heterocycles. The van der Waals surface area contributed by atoms with Crippen molar-refractivity contribution in [1.82, 2.24) is 0 Å². The molecule has 0 atom stereocenters. The van der Waals surface area contributed by atoms with Crippen LogP contribution in [0, 0.1) is 5.92 Å². The third kappa shape index (κ3) is 11.5. The van der Waals surface area contributed by atoms with Crippen LogP contribution in [0.15, 0.2) is 12.7 Å². The van der Waals surface area contributed by atoms with Gasteiger partial charge >= 0.3 is 5.97 Å². The molecule has 0 fully saturated rings. The minimum absolute atomic E-state index is 0.000129. The molecule has 0 saturated carbocycles. The number of ether oxygens (including phenoxy) is 1. The molecule has 0 N–H and O–H groups in total. The van der Waals surface area contributed by atoms with E-state index in [-0.39, 0.29) is 11.9 Å². The lowest BCUT2D eigenvalue weighted by molar-refractivity contribution is -0.147. The Morgan fingerprint density at radius 2 is 1.59 bits per heavy atom. The maximum absolute atomic E-state index is 11.1. The maximum atomic E-state index is 11.1. The molecule has 0 unspecified atom stereocenters. The maximum Gasteiger partial charge on any atom is 0.308 e. The van der Waals surface area contributed by atoms with Crippen molar-refractivity contribution < 1.29 is 9.53 Å². The van der Waals surface area contributed by atoms with Gasteiger partial charge in [-0.2, -0.15) is 0 Å². The molecule has 0 aromatic rings. The predicted molar refractivity (Wildman–Crippen MR) is 72.9 cm³/mol. The Morgan fingerprint density at radius 1 is 1.06 bits per heavy atom. The highest BCUT2D eigenvalue weighted by Gasteiger charge is 2.06. The standard InChI is InChI=1S/C15H28O2/c1-4-5-6-7-8-9-10-11-12-13-17-15(16)14(2)3/h4,14H,1,5-13H2,2-3H3. The summed E-state index contributed by atoms with van der Waals surface area (Å²) in [4.78, 5) is 11.1. The van der Waals surface area contributed by atoms with Crippen LogP contribution in [0.2, 0.25) is 0 Å². The molecule has 0 aliphatic rings. The molecule has 0 spiro atoms. The summed E-state index contributed by atoms with van der Waals surface area (Å²) in [5.74, 6) is -0.0747.